The van der Waals surface area contributed by atoms with Gasteiger partial charge in [-0.15, -0.1) is 0 Å². The van der Waals surface area contributed by atoms with Gasteiger partial charge < -0.3 is 0 Å². The molecule has 0 bridgehead atoms. The van der Waals surface area contributed by atoms with Crippen molar-refractivity contribution in [2.45, 2.75) is 26.7 Å². The van der Waals surface area contributed by atoms with Crippen molar-refractivity contribution in [3.8, 4) is 0 Å². The highest BCUT2D eigenvalue weighted by Gasteiger charge is 2.47. The zero-order valence-corrected chi connectivity index (χ0v) is 8.79. The van der Waals surface area contributed by atoms with E-state index in [-0.39, 0.29) is 0 Å². The normalized spacial score (nSPS) is 20.3. The molecule has 0 saturated carbocycles. The van der Waals surface area contributed by atoms with Crippen molar-refractivity contribution < 1.29 is 14.4 Å². The topological polar surface area (TPSA) is 75.3 Å². The summed E-state index contributed by atoms with van der Waals surface area (Å²) in [5.41, 5.74) is -1.22. The molecular formula is C10H14N2O3. The van der Waals surface area contributed by atoms with Gasteiger partial charge in [0.25, 0.3) is 0 Å². The van der Waals surface area contributed by atoms with Crippen LogP contribution in [-0.4, -0.2) is 17.8 Å². The van der Waals surface area contributed by atoms with E-state index in [1.807, 2.05) is 6.92 Å². The lowest BCUT2D eigenvalue weighted by Gasteiger charge is -2.30. The SMILES string of the molecule is CC=CC1(CCC)C(=O)NC(=O)NC1=O. The summed E-state index contributed by atoms with van der Waals surface area (Å²) in [6.45, 7) is 3.61. The van der Waals surface area contributed by atoms with Crippen LogP contribution in [0, 0.1) is 5.41 Å². The zero-order valence-electron chi connectivity index (χ0n) is 8.79. The first kappa shape index (κ1) is 11.4. The van der Waals surface area contributed by atoms with E-state index < -0.39 is 23.3 Å². The lowest BCUT2D eigenvalue weighted by molar-refractivity contribution is -0.141. The van der Waals surface area contributed by atoms with E-state index in [1.54, 1.807) is 13.0 Å². The van der Waals surface area contributed by atoms with Crippen LogP contribution in [0.1, 0.15) is 26.7 Å². The van der Waals surface area contributed by atoms with Gasteiger partial charge in [0.15, 0.2) is 0 Å². The van der Waals surface area contributed by atoms with E-state index in [1.165, 1.54) is 6.08 Å². The largest absolute Gasteiger partial charge is 0.328 e. The molecule has 15 heavy (non-hydrogen) atoms. The average Bonchev–Trinajstić information content (AvgIpc) is 2.14. The van der Waals surface area contributed by atoms with Crippen molar-refractivity contribution in [3.63, 3.8) is 0 Å². The summed E-state index contributed by atoms with van der Waals surface area (Å²) in [7, 11) is 0. The van der Waals surface area contributed by atoms with Crippen molar-refractivity contribution in [1.29, 1.82) is 0 Å². The maximum Gasteiger partial charge on any atom is 0.328 e. The van der Waals surface area contributed by atoms with Crippen LogP contribution in [-0.2, 0) is 9.59 Å². The van der Waals surface area contributed by atoms with E-state index in [0.717, 1.165) is 0 Å². The molecule has 1 rings (SSSR count). The molecule has 82 valence electrons. The number of carbonyl (C=O) groups excluding carboxylic acids is 3. The minimum absolute atomic E-state index is 0.391. The van der Waals surface area contributed by atoms with Crippen LogP contribution in [0.4, 0.5) is 4.79 Å². The quantitative estimate of drug-likeness (QED) is 0.532. The van der Waals surface area contributed by atoms with E-state index in [9.17, 15) is 14.4 Å². The number of urea groups is 1. The first-order valence-electron chi connectivity index (χ1n) is 4.87. The molecule has 1 aliphatic heterocycles. The molecule has 0 aromatic heterocycles. The van der Waals surface area contributed by atoms with Crippen LogP contribution in [0.3, 0.4) is 0 Å². The predicted octanol–water partition coefficient (Wildman–Crippen LogP) is 0.715. The second-order valence-electron chi connectivity index (χ2n) is 3.46. The van der Waals surface area contributed by atoms with E-state index in [2.05, 4.69) is 10.6 Å². The first-order chi connectivity index (χ1) is 7.06. The summed E-state index contributed by atoms with van der Waals surface area (Å²) in [6.07, 6.45) is 4.25. The Morgan fingerprint density at radius 1 is 1.20 bits per heavy atom. The number of hydrogen-bond donors (Lipinski definition) is 2. The van der Waals surface area contributed by atoms with Crippen LogP contribution in [0.5, 0.6) is 0 Å². The molecule has 2 N–H and O–H groups in total. The van der Waals surface area contributed by atoms with Gasteiger partial charge in [0, 0.05) is 0 Å². The van der Waals surface area contributed by atoms with Crippen molar-refractivity contribution in [1.82, 2.24) is 10.6 Å². The number of hydrogen-bond acceptors (Lipinski definition) is 3. The van der Waals surface area contributed by atoms with E-state index >= 15 is 0 Å². The van der Waals surface area contributed by atoms with E-state index in [4.69, 9.17) is 0 Å². The molecule has 5 heteroatoms. The van der Waals surface area contributed by atoms with Gasteiger partial charge in [-0.3, -0.25) is 20.2 Å². The lowest BCUT2D eigenvalue weighted by atomic mass is 9.80. The summed E-state index contributed by atoms with van der Waals surface area (Å²) in [4.78, 5) is 34.2. The Balaban J connectivity index is 3.08. The summed E-state index contributed by atoms with van der Waals surface area (Å²) in [5.74, 6) is -1.09. The number of rotatable bonds is 3. The van der Waals surface area contributed by atoms with Crippen LogP contribution in [0.2, 0.25) is 0 Å². The Morgan fingerprint density at radius 3 is 2.13 bits per heavy atom. The fraction of sp³-hybridized carbons (Fsp3) is 0.500. The molecule has 4 amide bonds. The van der Waals surface area contributed by atoms with E-state index in [0.29, 0.717) is 12.8 Å². The molecule has 1 fully saturated rings. The van der Waals surface area contributed by atoms with Gasteiger partial charge in [0.05, 0.1) is 0 Å². The molecule has 0 spiro atoms. The van der Waals surface area contributed by atoms with Gasteiger partial charge in [-0.25, -0.2) is 4.79 Å². The standard InChI is InChI=1S/C10H14N2O3/c1-3-5-10(6-4-2)7(13)11-9(15)12-8(10)14/h3,5H,4,6H2,1-2H3,(H2,11,12,13,14,15). The van der Waals surface area contributed by atoms with Gasteiger partial charge >= 0.3 is 6.03 Å². The number of allylic oxidation sites excluding steroid dienone is 1. The molecule has 0 atom stereocenters. The van der Waals surface area contributed by atoms with Crippen molar-refractivity contribution in [3.05, 3.63) is 12.2 Å². The molecular weight excluding hydrogens is 196 g/mol. The van der Waals surface area contributed by atoms with Gasteiger partial charge in [-0.1, -0.05) is 25.5 Å². The summed E-state index contributed by atoms with van der Waals surface area (Å²) in [6, 6.07) is -0.749. The summed E-state index contributed by atoms with van der Waals surface area (Å²) in [5, 5.41) is 4.22. The Bertz CT molecular complexity index is 314. The highest BCUT2D eigenvalue weighted by atomic mass is 16.2. The zero-order chi connectivity index (χ0) is 11.5. The number of barbiturate groups is 1. The van der Waals surface area contributed by atoms with Crippen LogP contribution in [0.25, 0.3) is 0 Å². The number of carbonyl (C=O) groups is 3. The third kappa shape index (κ3) is 1.91. The predicted molar refractivity (Wildman–Crippen MR) is 53.8 cm³/mol. The maximum absolute atomic E-state index is 11.7. The van der Waals surface area contributed by atoms with Crippen molar-refractivity contribution >= 4 is 17.8 Å². The number of nitrogens with one attached hydrogen (secondary N) is 2. The molecule has 1 saturated heterocycles. The van der Waals surface area contributed by atoms with Gasteiger partial charge in [-0.05, 0) is 13.3 Å². The Morgan fingerprint density at radius 2 is 1.73 bits per heavy atom. The number of imide groups is 2. The molecule has 0 aromatic rings. The van der Waals surface area contributed by atoms with Gasteiger partial charge in [0.1, 0.15) is 5.41 Å². The second-order valence-corrected chi connectivity index (χ2v) is 3.46. The third-order valence-electron chi connectivity index (χ3n) is 2.36. The van der Waals surface area contributed by atoms with Crippen molar-refractivity contribution in [2.75, 3.05) is 0 Å². The highest BCUT2D eigenvalue weighted by molar-refractivity contribution is 6.20. The van der Waals surface area contributed by atoms with Crippen molar-refractivity contribution in [2.24, 2.45) is 5.41 Å². The van der Waals surface area contributed by atoms with Gasteiger partial charge in [0.2, 0.25) is 11.8 Å². The fourth-order valence-electron chi connectivity index (χ4n) is 1.70. The van der Waals surface area contributed by atoms with Crippen LogP contribution < -0.4 is 10.6 Å². The Labute approximate surface area is 87.9 Å². The first-order valence-corrected chi connectivity index (χ1v) is 4.87. The average molecular weight is 210 g/mol. The van der Waals surface area contributed by atoms with Gasteiger partial charge in [-0.2, -0.15) is 0 Å². The Kier molecular flexibility index (Phi) is 3.24. The summed E-state index contributed by atoms with van der Waals surface area (Å²) < 4.78 is 0. The molecule has 1 heterocycles. The Hall–Kier alpha value is -1.65. The smallest absolute Gasteiger partial charge is 0.277 e. The molecule has 0 radical (unpaired) electrons. The fourth-order valence-corrected chi connectivity index (χ4v) is 1.70. The molecule has 5 nitrogen and oxygen atoms in total. The lowest BCUT2D eigenvalue weighted by Crippen LogP contribution is -2.61. The maximum atomic E-state index is 11.7. The minimum Gasteiger partial charge on any atom is -0.277 e. The molecule has 0 aromatic carbocycles. The third-order valence-corrected chi connectivity index (χ3v) is 2.36. The number of amides is 4. The monoisotopic (exact) mass is 210 g/mol. The van der Waals surface area contributed by atoms with Crippen LogP contribution in [0.15, 0.2) is 12.2 Å². The highest BCUT2D eigenvalue weighted by Crippen LogP contribution is 2.28. The minimum atomic E-state index is -1.22. The van der Waals surface area contributed by atoms with Crippen LogP contribution >= 0.6 is 0 Å². The summed E-state index contributed by atoms with van der Waals surface area (Å²) >= 11 is 0. The molecule has 0 unspecified atom stereocenters. The molecule has 0 aliphatic carbocycles. The molecule has 1 aliphatic rings. The second kappa shape index (κ2) is 4.25.